The number of nitrogens with zero attached hydrogens (tertiary/aromatic N) is 1. The fourth-order valence-electron chi connectivity index (χ4n) is 2.00. The number of carboxylic acid groups (broad SMARTS) is 1. The van der Waals surface area contributed by atoms with E-state index in [4.69, 9.17) is 0 Å². The Kier molecular flexibility index (Phi) is 2.37. The lowest BCUT2D eigenvalue weighted by molar-refractivity contribution is -0.140. The van der Waals surface area contributed by atoms with Gasteiger partial charge in [-0.1, -0.05) is 0 Å². The van der Waals surface area contributed by atoms with Crippen molar-refractivity contribution in [3.8, 4) is 0 Å². The number of rotatable bonds is 3. The van der Waals surface area contributed by atoms with Crippen LogP contribution in [0.25, 0.3) is 0 Å². The summed E-state index contributed by atoms with van der Waals surface area (Å²) in [5.41, 5.74) is 0.508. The maximum atomic E-state index is 13.2. The van der Waals surface area contributed by atoms with E-state index >= 15 is 0 Å². The Morgan fingerprint density at radius 3 is 2.50 bits per heavy atom. The minimum absolute atomic E-state index is 0.381. The van der Waals surface area contributed by atoms with Crippen LogP contribution in [0.4, 0.5) is 10.1 Å². The van der Waals surface area contributed by atoms with E-state index in [-0.39, 0.29) is 5.82 Å². The zero-order valence-corrected chi connectivity index (χ0v) is 9.33. The summed E-state index contributed by atoms with van der Waals surface area (Å²) in [6.45, 7) is 0. The first-order valence-electron chi connectivity index (χ1n) is 5.18. The first kappa shape index (κ1) is 10.9. The smallest absolute Gasteiger partial charge is 0.314 e. The molecule has 2 rings (SSSR count). The second-order valence-electron chi connectivity index (χ2n) is 4.44. The molecular formula is C12H14FNO2. The van der Waals surface area contributed by atoms with Crippen LogP contribution in [-0.4, -0.2) is 25.2 Å². The minimum atomic E-state index is -0.860. The molecule has 1 N–H and O–H groups in total. The first-order chi connectivity index (χ1) is 7.47. The van der Waals surface area contributed by atoms with Gasteiger partial charge in [-0.2, -0.15) is 0 Å². The Hall–Kier alpha value is -1.58. The van der Waals surface area contributed by atoms with Crippen molar-refractivity contribution in [2.24, 2.45) is 0 Å². The largest absolute Gasteiger partial charge is 0.481 e. The number of halogens is 1. The number of hydrogen-bond acceptors (Lipinski definition) is 2. The molecule has 0 saturated heterocycles. The molecule has 0 aliphatic heterocycles. The van der Waals surface area contributed by atoms with Crippen LogP contribution >= 0.6 is 0 Å². The van der Waals surface area contributed by atoms with Crippen LogP contribution in [0.1, 0.15) is 18.4 Å². The molecule has 1 aliphatic carbocycles. The highest BCUT2D eigenvalue weighted by atomic mass is 19.1. The summed E-state index contributed by atoms with van der Waals surface area (Å²) >= 11 is 0. The molecule has 1 aliphatic rings. The summed E-state index contributed by atoms with van der Waals surface area (Å²) < 4.78 is 13.2. The van der Waals surface area contributed by atoms with Gasteiger partial charge in [0.2, 0.25) is 0 Å². The highest BCUT2D eigenvalue weighted by Gasteiger charge is 2.53. The summed E-state index contributed by atoms with van der Waals surface area (Å²) in [5.74, 6) is -1.24. The molecule has 0 radical (unpaired) electrons. The van der Waals surface area contributed by atoms with E-state index in [0.29, 0.717) is 18.4 Å². The van der Waals surface area contributed by atoms with E-state index in [2.05, 4.69) is 0 Å². The van der Waals surface area contributed by atoms with Crippen LogP contribution in [0.5, 0.6) is 0 Å². The van der Waals surface area contributed by atoms with Crippen molar-refractivity contribution < 1.29 is 14.3 Å². The summed E-state index contributed by atoms with van der Waals surface area (Å²) in [4.78, 5) is 13.0. The lowest BCUT2D eigenvalue weighted by atomic mass is 9.94. The normalized spacial score (nSPS) is 16.9. The van der Waals surface area contributed by atoms with Crippen LogP contribution in [0, 0.1) is 5.82 Å². The number of carboxylic acids is 1. The van der Waals surface area contributed by atoms with Crippen molar-refractivity contribution in [1.29, 1.82) is 0 Å². The van der Waals surface area contributed by atoms with E-state index < -0.39 is 11.4 Å². The van der Waals surface area contributed by atoms with Crippen LogP contribution in [0.15, 0.2) is 18.2 Å². The second kappa shape index (κ2) is 3.47. The number of anilines is 1. The van der Waals surface area contributed by atoms with Gasteiger partial charge in [0.1, 0.15) is 5.82 Å². The zero-order valence-electron chi connectivity index (χ0n) is 9.33. The van der Waals surface area contributed by atoms with Gasteiger partial charge in [0, 0.05) is 19.8 Å². The van der Waals surface area contributed by atoms with Gasteiger partial charge in [-0.3, -0.25) is 4.79 Å². The third kappa shape index (κ3) is 1.54. The molecule has 0 heterocycles. The molecule has 86 valence electrons. The van der Waals surface area contributed by atoms with Gasteiger partial charge < -0.3 is 10.0 Å². The van der Waals surface area contributed by atoms with Crippen LogP contribution in [0.2, 0.25) is 0 Å². The van der Waals surface area contributed by atoms with Gasteiger partial charge >= 0.3 is 5.97 Å². The average molecular weight is 223 g/mol. The van der Waals surface area contributed by atoms with E-state index in [9.17, 15) is 14.3 Å². The van der Waals surface area contributed by atoms with Crippen molar-refractivity contribution in [1.82, 2.24) is 0 Å². The molecule has 0 bridgehead atoms. The fraction of sp³-hybridized carbons (Fsp3) is 0.417. The maximum absolute atomic E-state index is 13.2. The second-order valence-corrected chi connectivity index (χ2v) is 4.44. The molecule has 1 aromatic carbocycles. The summed E-state index contributed by atoms with van der Waals surface area (Å²) in [6, 6.07) is 4.33. The van der Waals surface area contributed by atoms with E-state index in [1.165, 1.54) is 12.1 Å². The standard InChI is InChI=1S/C12H14FNO2/c1-14(2)10-4-3-8(13)7-9(10)12(5-6-12)11(15)16/h3-4,7H,5-6H2,1-2H3,(H,15,16). The van der Waals surface area contributed by atoms with Crippen molar-refractivity contribution in [2.75, 3.05) is 19.0 Å². The Morgan fingerprint density at radius 2 is 2.06 bits per heavy atom. The molecule has 3 nitrogen and oxygen atoms in total. The van der Waals surface area contributed by atoms with Gasteiger partial charge in [-0.25, -0.2) is 4.39 Å². The van der Waals surface area contributed by atoms with E-state index in [0.717, 1.165) is 5.69 Å². The number of hydrogen-bond donors (Lipinski definition) is 1. The Morgan fingerprint density at radius 1 is 1.44 bits per heavy atom. The zero-order chi connectivity index (χ0) is 11.9. The van der Waals surface area contributed by atoms with Crippen molar-refractivity contribution in [2.45, 2.75) is 18.3 Å². The summed E-state index contributed by atoms with van der Waals surface area (Å²) in [7, 11) is 3.66. The van der Waals surface area contributed by atoms with Crippen molar-refractivity contribution >= 4 is 11.7 Å². The molecule has 1 saturated carbocycles. The lowest BCUT2D eigenvalue weighted by Gasteiger charge is -2.21. The SMILES string of the molecule is CN(C)c1ccc(F)cc1C1(C(=O)O)CC1. The Balaban J connectivity index is 2.54. The third-order valence-corrected chi connectivity index (χ3v) is 3.12. The van der Waals surface area contributed by atoms with Crippen LogP contribution < -0.4 is 4.90 Å². The van der Waals surface area contributed by atoms with Gasteiger partial charge in [-0.05, 0) is 36.6 Å². The highest BCUT2D eigenvalue weighted by molar-refractivity contribution is 5.87. The van der Waals surface area contributed by atoms with E-state index in [1.54, 1.807) is 6.07 Å². The Labute approximate surface area is 93.5 Å². The Bertz CT molecular complexity index is 439. The molecule has 0 unspecified atom stereocenters. The summed E-state index contributed by atoms with van der Waals surface area (Å²) in [6.07, 6.45) is 1.18. The van der Waals surface area contributed by atoms with Gasteiger partial charge in [0.15, 0.2) is 0 Å². The van der Waals surface area contributed by atoms with Crippen molar-refractivity contribution in [3.63, 3.8) is 0 Å². The van der Waals surface area contributed by atoms with E-state index in [1.807, 2.05) is 19.0 Å². The molecular weight excluding hydrogens is 209 g/mol. The molecule has 16 heavy (non-hydrogen) atoms. The average Bonchev–Trinajstić information content (AvgIpc) is 2.97. The lowest BCUT2D eigenvalue weighted by Crippen LogP contribution is -2.23. The molecule has 0 atom stereocenters. The molecule has 1 aromatic rings. The number of aliphatic carboxylic acids is 1. The maximum Gasteiger partial charge on any atom is 0.314 e. The first-order valence-corrected chi connectivity index (χ1v) is 5.18. The third-order valence-electron chi connectivity index (χ3n) is 3.12. The van der Waals surface area contributed by atoms with Crippen molar-refractivity contribution in [3.05, 3.63) is 29.6 Å². The monoisotopic (exact) mass is 223 g/mol. The fourth-order valence-corrected chi connectivity index (χ4v) is 2.00. The summed E-state index contributed by atoms with van der Waals surface area (Å²) in [5, 5.41) is 9.21. The molecule has 0 aromatic heterocycles. The molecule has 1 fully saturated rings. The van der Waals surface area contributed by atoms with Gasteiger partial charge in [0.25, 0.3) is 0 Å². The minimum Gasteiger partial charge on any atom is -0.481 e. The van der Waals surface area contributed by atoms with Crippen LogP contribution in [-0.2, 0) is 10.2 Å². The topological polar surface area (TPSA) is 40.5 Å². The van der Waals surface area contributed by atoms with Gasteiger partial charge in [0.05, 0.1) is 5.41 Å². The predicted molar refractivity (Wildman–Crippen MR) is 59.3 cm³/mol. The number of carbonyl (C=O) groups is 1. The molecule has 0 amide bonds. The molecule has 4 heteroatoms. The molecule has 0 spiro atoms. The quantitative estimate of drug-likeness (QED) is 0.852. The highest BCUT2D eigenvalue weighted by Crippen LogP contribution is 2.51. The van der Waals surface area contributed by atoms with Crippen LogP contribution in [0.3, 0.4) is 0 Å². The predicted octanol–water partition coefficient (Wildman–Crippen LogP) is 2.01. The van der Waals surface area contributed by atoms with Gasteiger partial charge in [-0.15, -0.1) is 0 Å². The number of benzene rings is 1.